The molecule has 16 heavy (non-hydrogen) atoms. The van der Waals surface area contributed by atoms with Gasteiger partial charge in [-0.2, -0.15) is 0 Å². The molecule has 0 unspecified atom stereocenters. The number of carbonyl (C=O) groups is 1. The van der Waals surface area contributed by atoms with Gasteiger partial charge in [0.15, 0.2) is 0 Å². The Bertz CT molecular complexity index is 249. The van der Waals surface area contributed by atoms with E-state index in [1.54, 1.807) is 0 Å². The van der Waals surface area contributed by atoms with E-state index < -0.39 is 5.60 Å². The van der Waals surface area contributed by atoms with E-state index in [0.29, 0.717) is 5.92 Å². The van der Waals surface area contributed by atoms with E-state index in [2.05, 4.69) is 25.2 Å². The van der Waals surface area contributed by atoms with Crippen LogP contribution < -0.4 is 5.32 Å². The van der Waals surface area contributed by atoms with Crippen molar-refractivity contribution in [2.75, 3.05) is 0 Å². The van der Waals surface area contributed by atoms with Gasteiger partial charge < -0.3 is 4.74 Å². The minimum absolute atomic E-state index is 0.371. The largest absolute Gasteiger partial charge is 0.444 e. The van der Waals surface area contributed by atoms with Crippen molar-refractivity contribution in [2.45, 2.75) is 60.0 Å². The number of carbonyl (C=O) groups excluding carboxylic acids is 1. The van der Waals surface area contributed by atoms with E-state index in [-0.39, 0.29) is 6.09 Å². The van der Waals surface area contributed by atoms with Gasteiger partial charge in [-0.25, -0.2) is 4.79 Å². The van der Waals surface area contributed by atoms with Gasteiger partial charge in [0.25, 0.3) is 0 Å². The molecule has 0 aromatic rings. The summed E-state index contributed by atoms with van der Waals surface area (Å²) >= 11 is 0. The molecular weight excluding hydrogens is 202 g/mol. The molecule has 0 rings (SSSR count). The van der Waals surface area contributed by atoms with Crippen molar-refractivity contribution < 1.29 is 9.53 Å². The molecule has 0 aliphatic rings. The summed E-state index contributed by atoms with van der Waals surface area (Å²) in [5.74, 6) is 0.599. The third-order valence-electron chi connectivity index (χ3n) is 1.88. The van der Waals surface area contributed by atoms with E-state index in [1.807, 2.05) is 27.7 Å². The van der Waals surface area contributed by atoms with Crippen LogP contribution in [0.25, 0.3) is 0 Å². The maximum Gasteiger partial charge on any atom is 0.411 e. The molecule has 0 spiro atoms. The Kier molecular flexibility index (Phi) is 6.16. The van der Waals surface area contributed by atoms with E-state index in [1.165, 1.54) is 0 Å². The van der Waals surface area contributed by atoms with E-state index in [4.69, 9.17) is 4.74 Å². The summed E-state index contributed by atoms with van der Waals surface area (Å²) in [5.41, 5.74) is 0.490. The maximum absolute atomic E-state index is 11.5. The van der Waals surface area contributed by atoms with Gasteiger partial charge in [0, 0.05) is 5.70 Å². The number of rotatable bonds is 4. The molecule has 3 heteroatoms. The minimum atomic E-state index is -0.443. The molecule has 0 heterocycles. The summed E-state index contributed by atoms with van der Waals surface area (Å²) < 4.78 is 5.19. The molecule has 1 N–H and O–H groups in total. The quantitative estimate of drug-likeness (QED) is 0.792. The molecule has 0 saturated carbocycles. The first-order valence-corrected chi connectivity index (χ1v) is 5.93. The van der Waals surface area contributed by atoms with Gasteiger partial charge in [-0.15, -0.1) is 0 Å². The van der Waals surface area contributed by atoms with Crippen LogP contribution in [0.15, 0.2) is 11.8 Å². The highest BCUT2D eigenvalue weighted by Gasteiger charge is 2.16. The monoisotopic (exact) mass is 227 g/mol. The molecule has 0 aliphatic heterocycles. The Morgan fingerprint density at radius 2 is 1.94 bits per heavy atom. The predicted octanol–water partition coefficient (Wildman–Crippen LogP) is 3.85. The highest BCUT2D eigenvalue weighted by molar-refractivity contribution is 5.69. The van der Waals surface area contributed by atoms with Crippen LogP contribution in [0.1, 0.15) is 54.4 Å². The smallest absolute Gasteiger partial charge is 0.411 e. The maximum atomic E-state index is 11.5. The standard InChI is InChI=1S/C13H25NO2/c1-7-11(9-8-10(2)3)14-12(15)16-13(4,5)6/h9-10H,7-8H2,1-6H3,(H,14,15)/b11-9+. The van der Waals surface area contributed by atoms with Crippen LogP contribution in [0.2, 0.25) is 0 Å². The van der Waals surface area contributed by atoms with Crippen molar-refractivity contribution in [1.29, 1.82) is 0 Å². The number of nitrogens with one attached hydrogen (secondary N) is 1. The lowest BCUT2D eigenvalue weighted by Gasteiger charge is -2.20. The fourth-order valence-electron chi connectivity index (χ4n) is 1.10. The molecule has 0 aliphatic carbocycles. The zero-order chi connectivity index (χ0) is 12.8. The van der Waals surface area contributed by atoms with Crippen molar-refractivity contribution in [3.8, 4) is 0 Å². The zero-order valence-corrected chi connectivity index (χ0v) is 11.4. The second kappa shape index (κ2) is 6.56. The Labute approximate surface area is 99.3 Å². The summed E-state index contributed by atoms with van der Waals surface area (Å²) in [4.78, 5) is 11.5. The molecule has 0 aromatic heterocycles. The molecule has 0 aromatic carbocycles. The first-order chi connectivity index (χ1) is 7.24. The first-order valence-electron chi connectivity index (χ1n) is 5.93. The molecule has 0 atom stereocenters. The van der Waals surface area contributed by atoms with E-state index >= 15 is 0 Å². The lowest BCUT2D eigenvalue weighted by Crippen LogP contribution is -2.32. The Balaban J connectivity index is 4.22. The second-order valence-corrected chi connectivity index (χ2v) is 5.34. The van der Waals surface area contributed by atoms with Crippen LogP contribution in [0.3, 0.4) is 0 Å². The average molecular weight is 227 g/mol. The van der Waals surface area contributed by atoms with E-state index in [9.17, 15) is 4.79 Å². The van der Waals surface area contributed by atoms with Gasteiger partial charge in [-0.1, -0.05) is 26.8 Å². The summed E-state index contributed by atoms with van der Waals surface area (Å²) in [6.07, 6.45) is 3.48. The number of hydrogen-bond acceptors (Lipinski definition) is 2. The van der Waals surface area contributed by atoms with Crippen LogP contribution in [0, 0.1) is 5.92 Å². The van der Waals surface area contributed by atoms with Crippen molar-refractivity contribution in [2.24, 2.45) is 5.92 Å². The summed E-state index contributed by atoms with van der Waals surface area (Å²) in [6.45, 7) is 11.9. The van der Waals surface area contributed by atoms with Gasteiger partial charge in [0.1, 0.15) is 5.60 Å². The molecule has 1 amide bonds. The third kappa shape index (κ3) is 8.33. The van der Waals surface area contributed by atoms with Gasteiger partial charge in [0.05, 0.1) is 0 Å². The highest BCUT2D eigenvalue weighted by Crippen LogP contribution is 2.09. The first kappa shape index (κ1) is 15.0. The number of allylic oxidation sites excluding steroid dienone is 2. The molecule has 0 fully saturated rings. The normalized spacial score (nSPS) is 12.8. The van der Waals surface area contributed by atoms with Crippen molar-refractivity contribution >= 4 is 6.09 Å². The summed E-state index contributed by atoms with van der Waals surface area (Å²) in [6, 6.07) is 0. The van der Waals surface area contributed by atoms with Crippen molar-refractivity contribution in [3.05, 3.63) is 11.8 Å². The van der Waals surface area contributed by atoms with Gasteiger partial charge >= 0.3 is 6.09 Å². The fraction of sp³-hybridized carbons (Fsp3) is 0.769. The Morgan fingerprint density at radius 1 is 1.38 bits per heavy atom. The van der Waals surface area contributed by atoms with Crippen molar-refractivity contribution in [1.82, 2.24) is 5.32 Å². The Morgan fingerprint density at radius 3 is 2.31 bits per heavy atom. The number of hydrogen-bond donors (Lipinski definition) is 1. The lowest BCUT2D eigenvalue weighted by atomic mass is 10.1. The third-order valence-corrected chi connectivity index (χ3v) is 1.88. The summed E-state index contributed by atoms with van der Waals surface area (Å²) in [7, 11) is 0. The van der Waals surface area contributed by atoms with Gasteiger partial charge in [-0.05, 0) is 39.5 Å². The average Bonchev–Trinajstić information content (AvgIpc) is 2.08. The van der Waals surface area contributed by atoms with Crippen LogP contribution in [0.5, 0.6) is 0 Å². The van der Waals surface area contributed by atoms with Crippen LogP contribution in [0.4, 0.5) is 4.79 Å². The highest BCUT2D eigenvalue weighted by atomic mass is 16.6. The molecule has 94 valence electrons. The summed E-state index contributed by atoms with van der Waals surface area (Å²) in [5, 5.41) is 2.78. The Hall–Kier alpha value is -0.990. The lowest BCUT2D eigenvalue weighted by molar-refractivity contribution is 0.0544. The molecule has 0 bridgehead atoms. The van der Waals surface area contributed by atoms with Gasteiger partial charge in [-0.3, -0.25) is 5.32 Å². The number of alkyl carbamates (subject to hydrolysis) is 1. The second-order valence-electron chi connectivity index (χ2n) is 5.34. The molecule has 0 radical (unpaired) electrons. The minimum Gasteiger partial charge on any atom is -0.444 e. The van der Waals surface area contributed by atoms with Crippen LogP contribution in [-0.2, 0) is 4.74 Å². The SMILES string of the molecule is CC/C(=C\CC(C)C)NC(=O)OC(C)(C)C. The van der Waals surface area contributed by atoms with Crippen LogP contribution in [-0.4, -0.2) is 11.7 Å². The molecule has 0 saturated heterocycles. The predicted molar refractivity (Wildman–Crippen MR) is 67.2 cm³/mol. The fourth-order valence-corrected chi connectivity index (χ4v) is 1.10. The molecular formula is C13H25NO2. The number of ether oxygens (including phenoxy) is 1. The van der Waals surface area contributed by atoms with Gasteiger partial charge in [0.2, 0.25) is 0 Å². The zero-order valence-electron chi connectivity index (χ0n) is 11.4. The number of amides is 1. The molecule has 3 nitrogen and oxygen atoms in total. The van der Waals surface area contributed by atoms with Crippen molar-refractivity contribution in [3.63, 3.8) is 0 Å². The topological polar surface area (TPSA) is 38.3 Å². The van der Waals surface area contributed by atoms with E-state index in [0.717, 1.165) is 18.5 Å². The van der Waals surface area contributed by atoms with Crippen LogP contribution >= 0.6 is 0 Å².